The highest BCUT2D eigenvalue weighted by atomic mass is 32.2. The van der Waals surface area contributed by atoms with Gasteiger partial charge in [-0.2, -0.15) is 0 Å². The van der Waals surface area contributed by atoms with Gasteiger partial charge in [0.05, 0.1) is 18.1 Å². The van der Waals surface area contributed by atoms with Crippen LogP contribution in [-0.2, 0) is 9.59 Å². The highest BCUT2D eigenvalue weighted by molar-refractivity contribution is 8.00. The summed E-state index contributed by atoms with van der Waals surface area (Å²) in [5.41, 5.74) is 4.73. The summed E-state index contributed by atoms with van der Waals surface area (Å²) in [6.07, 6.45) is 1.66. The molecule has 3 N–H and O–H groups in total. The van der Waals surface area contributed by atoms with Gasteiger partial charge in [-0.3, -0.25) is 14.4 Å². The minimum atomic E-state index is -0.473. The van der Waals surface area contributed by atoms with Crippen LogP contribution in [0.2, 0.25) is 0 Å². The zero-order valence-corrected chi connectivity index (χ0v) is 28.5. The summed E-state index contributed by atoms with van der Waals surface area (Å²) in [7, 11) is 0. The third-order valence-electron chi connectivity index (χ3n) is 7.12. The summed E-state index contributed by atoms with van der Waals surface area (Å²) in [5.74, 6) is 0.260. The number of thioether (sulfide) groups is 1. The molecule has 0 atom stereocenters. The lowest BCUT2D eigenvalue weighted by Gasteiger charge is -2.12. The predicted octanol–water partition coefficient (Wildman–Crippen LogP) is 8.47. The van der Waals surface area contributed by atoms with Crippen molar-refractivity contribution < 1.29 is 19.1 Å². The van der Waals surface area contributed by atoms with Crippen molar-refractivity contribution >= 4 is 57.7 Å². The molecule has 244 valence electrons. The summed E-state index contributed by atoms with van der Waals surface area (Å²) in [4.78, 5) is 44.6. The number of ether oxygens (including phenoxy) is 1. The molecule has 0 saturated heterocycles. The first-order chi connectivity index (χ1) is 23.3. The minimum absolute atomic E-state index is 0.103. The second kappa shape index (κ2) is 16.6. The number of benzene rings is 4. The van der Waals surface area contributed by atoms with Crippen LogP contribution in [0.3, 0.4) is 0 Å². The van der Waals surface area contributed by atoms with Gasteiger partial charge in [-0.1, -0.05) is 62.4 Å². The highest BCUT2D eigenvalue weighted by Gasteiger charge is 2.16. The van der Waals surface area contributed by atoms with Crippen molar-refractivity contribution in [2.45, 2.75) is 31.6 Å². The lowest BCUT2D eigenvalue weighted by Crippen LogP contribution is -2.30. The third-order valence-corrected chi connectivity index (χ3v) is 8.87. The third kappa shape index (κ3) is 9.66. The monoisotopic (exact) mass is 676 g/mol. The normalized spacial score (nSPS) is 11.2. The molecular weight excluding hydrogens is 641 g/mol. The van der Waals surface area contributed by atoms with Gasteiger partial charge in [-0.05, 0) is 84.6 Å². The van der Waals surface area contributed by atoms with Crippen molar-refractivity contribution in [1.82, 2.24) is 10.3 Å². The Labute approximate surface area is 288 Å². The van der Waals surface area contributed by atoms with Gasteiger partial charge < -0.3 is 20.7 Å². The van der Waals surface area contributed by atoms with E-state index >= 15 is 0 Å². The average Bonchev–Trinajstić information content (AvgIpc) is 3.56. The molecule has 0 aliphatic carbocycles. The van der Waals surface area contributed by atoms with Crippen molar-refractivity contribution in [3.63, 3.8) is 0 Å². The van der Waals surface area contributed by atoms with E-state index in [2.05, 4.69) is 34.8 Å². The summed E-state index contributed by atoms with van der Waals surface area (Å²) in [6.45, 7) is 6.77. The molecule has 0 saturated carbocycles. The maximum atomic E-state index is 13.5. The molecule has 0 fully saturated rings. The number of amides is 3. The molecule has 10 heteroatoms. The number of hydrogen-bond acceptors (Lipinski definition) is 7. The molecule has 1 heterocycles. The topological polar surface area (TPSA) is 109 Å². The first-order valence-corrected chi connectivity index (χ1v) is 17.3. The molecule has 48 heavy (non-hydrogen) atoms. The van der Waals surface area contributed by atoms with E-state index in [1.165, 1.54) is 28.7 Å². The molecule has 8 nitrogen and oxygen atoms in total. The second-order valence-corrected chi connectivity index (χ2v) is 12.9. The van der Waals surface area contributed by atoms with Crippen molar-refractivity contribution in [2.24, 2.45) is 0 Å². The highest BCUT2D eigenvalue weighted by Crippen LogP contribution is 2.28. The Kier molecular flexibility index (Phi) is 11.8. The number of carbonyl (C=O) groups is 3. The van der Waals surface area contributed by atoms with E-state index in [-0.39, 0.29) is 17.4 Å². The zero-order chi connectivity index (χ0) is 33.9. The molecule has 5 aromatic rings. The average molecular weight is 677 g/mol. The Balaban J connectivity index is 1.21. The fraction of sp³-hybridized carbons (Fsp3) is 0.158. The van der Waals surface area contributed by atoms with Gasteiger partial charge in [-0.25, -0.2) is 4.98 Å². The quantitative estimate of drug-likeness (QED) is 0.0853. The van der Waals surface area contributed by atoms with Gasteiger partial charge in [0.1, 0.15) is 11.4 Å². The van der Waals surface area contributed by atoms with Crippen molar-refractivity contribution in [2.75, 3.05) is 23.0 Å². The van der Waals surface area contributed by atoms with E-state index in [0.717, 1.165) is 27.5 Å². The van der Waals surface area contributed by atoms with Gasteiger partial charge in [0.25, 0.3) is 11.8 Å². The van der Waals surface area contributed by atoms with E-state index in [1.54, 1.807) is 48.5 Å². The number of anilines is 2. The van der Waals surface area contributed by atoms with E-state index in [4.69, 9.17) is 4.74 Å². The molecule has 0 radical (unpaired) electrons. The Morgan fingerprint density at radius 1 is 0.896 bits per heavy atom. The molecule has 0 spiro atoms. The fourth-order valence-corrected chi connectivity index (χ4v) is 6.10. The lowest BCUT2D eigenvalue weighted by atomic mass is 10.0. The van der Waals surface area contributed by atoms with Crippen molar-refractivity contribution in [3.05, 3.63) is 131 Å². The number of nitrogens with zero attached hydrogens (tertiary/aromatic N) is 1. The van der Waals surface area contributed by atoms with Crippen molar-refractivity contribution in [3.8, 4) is 17.0 Å². The van der Waals surface area contributed by atoms with Gasteiger partial charge >= 0.3 is 0 Å². The van der Waals surface area contributed by atoms with E-state index in [0.29, 0.717) is 28.9 Å². The van der Waals surface area contributed by atoms with Gasteiger partial charge in [0.2, 0.25) is 5.91 Å². The number of hydrogen-bond donors (Lipinski definition) is 3. The van der Waals surface area contributed by atoms with Crippen LogP contribution in [-0.4, -0.2) is 35.1 Å². The Morgan fingerprint density at radius 2 is 1.65 bits per heavy atom. The lowest BCUT2D eigenvalue weighted by molar-refractivity contribution is -0.114. The molecule has 0 aliphatic heterocycles. The van der Waals surface area contributed by atoms with Crippen LogP contribution in [0.4, 0.5) is 10.8 Å². The molecule has 5 rings (SSSR count). The molecule has 3 amide bonds. The maximum Gasteiger partial charge on any atom is 0.272 e. The molecule has 0 unspecified atom stereocenters. The Hall–Kier alpha value is -5.19. The largest absolute Gasteiger partial charge is 0.494 e. The molecule has 4 aromatic carbocycles. The van der Waals surface area contributed by atoms with Crippen LogP contribution in [0.5, 0.6) is 5.75 Å². The smallest absolute Gasteiger partial charge is 0.272 e. The summed E-state index contributed by atoms with van der Waals surface area (Å²) in [5, 5.41) is 11.0. The van der Waals surface area contributed by atoms with Crippen molar-refractivity contribution in [1.29, 1.82) is 0 Å². The predicted molar refractivity (Wildman–Crippen MR) is 196 cm³/mol. The number of carbonyl (C=O) groups excluding carboxylic acids is 3. The maximum absolute atomic E-state index is 13.5. The van der Waals surface area contributed by atoms with Crippen LogP contribution in [0.25, 0.3) is 17.3 Å². The Bertz CT molecular complexity index is 1890. The Morgan fingerprint density at radius 3 is 2.35 bits per heavy atom. The van der Waals surface area contributed by atoms with E-state index < -0.39 is 11.8 Å². The number of nitrogens with one attached hydrogen (secondary N) is 3. The van der Waals surface area contributed by atoms with Crippen LogP contribution in [0, 0.1) is 0 Å². The molecular formula is C38H36N4O4S2. The summed E-state index contributed by atoms with van der Waals surface area (Å²) < 4.78 is 5.50. The SMILES string of the molecule is CCOc1ccc(-c2csc(NC(=O)CSc3cccc(NC(=O)/C(=C\c4ccc(C(C)C)cc4)NC(=O)c4ccccc4)c3)n2)cc1. The standard InChI is InChI=1S/C38H36N4O4S2/c1-4-46-31-19-17-28(18-20-31)34-23-48-38(41-34)42-35(43)24-47-32-12-8-11-30(22-32)39-37(45)33(40-36(44)29-9-6-5-7-10-29)21-26-13-15-27(16-14-26)25(2)3/h5-23,25H,4,24H2,1-3H3,(H,39,45)(H,40,44)(H,41,42,43)/b33-21+. The van der Waals surface area contributed by atoms with Gasteiger partial charge in [-0.15, -0.1) is 23.1 Å². The zero-order valence-electron chi connectivity index (χ0n) is 26.9. The van der Waals surface area contributed by atoms with Crippen LogP contribution in [0.1, 0.15) is 48.2 Å². The van der Waals surface area contributed by atoms with E-state index in [9.17, 15) is 14.4 Å². The summed E-state index contributed by atoms with van der Waals surface area (Å²) >= 11 is 2.70. The second-order valence-electron chi connectivity index (χ2n) is 11.0. The number of thiazole rings is 1. The fourth-order valence-electron chi connectivity index (χ4n) is 4.60. The van der Waals surface area contributed by atoms with Gasteiger partial charge in [0, 0.05) is 27.1 Å². The molecule has 0 aliphatic rings. The van der Waals surface area contributed by atoms with Gasteiger partial charge in [0.15, 0.2) is 5.13 Å². The van der Waals surface area contributed by atoms with Crippen LogP contribution in [0.15, 0.2) is 119 Å². The minimum Gasteiger partial charge on any atom is -0.494 e. The van der Waals surface area contributed by atoms with Crippen LogP contribution < -0.4 is 20.7 Å². The number of aromatic nitrogens is 1. The molecule has 1 aromatic heterocycles. The summed E-state index contributed by atoms with van der Waals surface area (Å²) in [6, 6.07) is 31.5. The molecule has 0 bridgehead atoms. The first kappa shape index (κ1) is 34.2. The van der Waals surface area contributed by atoms with Crippen LogP contribution >= 0.6 is 23.1 Å². The van der Waals surface area contributed by atoms with E-state index in [1.807, 2.05) is 73.0 Å². The first-order valence-electron chi connectivity index (χ1n) is 15.5. The number of rotatable bonds is 13.